The summed E-state index contributed by atoms with van der Waals surface area (Å²) in [6.45, 7) is 6.66. The van der Waals surface area contributed by atoms with E-state index in [-0.39, 0.29) is 43.2 Å². The number of aryl methyl sites for hydroxylation is 3. The fraction of sp³-hybridized carbons (Fsp3) is 0.478. The fourth-order valence-electron chi connectivity index (χ4n) is 3.44. The first kappa shape index (κ1) is 23.5. The summed E-state index contributed by atoms with van der Waals surface area (Å²) >= 11 is 0. The SMILES string of the molecule is Cc1cc(NC(=O)CCC(=O)N(CC(=O)NC[C@H]2CCCO2)c2ccc(C)c(C)c2)no1. The van der Waals surface area contributed by atoms with Crippen molar-refractivity contribution in [2.24, 2.45) is 0 Å². The third kappa shape index (κ3) is 6.65. The number of benzene rings is 1. The molecule has 1 aromatic heterocycles. The minimum Gasteiger partial charge on any atom is -0.376 e. The number of carbonyl (C=O) groups excluding carboxylic acids is 3. The first-order valence-electron chi connectivity index (χ1n) is 10.8. The summed E-state index contributed by atoms with van der Waals surface area (Å²) in [5.41, 5.74) is 2.73. The van der Waals surface area contributed by atoms with Crippen LogP contribution in [0.25, 0.3) is 0 Å². The first-order chi connectivity index (χ1) is 15.3. The van der Waals surface area contributed by atoms with Gasteiger partial charge in [-0.05, 0) is 56.9 Å². The second kappa shape index (κ2) is 10.9. The summed E-state index contributed by atoms with van der Waals surface area (Å²) in [6.07, 6.45) is 1.84. The van der Waals surface area contributed by atoms with E-state index in [4.69, 9.17) is 9.26 Å². The minimum atomic E-state index is -0.352. The third-order valence-electron chi connectivity index (χ3n) is 5.42. The molecular weight excluding hydrogens is 412 g/mol. The first-order valence-corrected chi connectivity index (χ1v) is 10.8. The van der Waals surface area contributed by atoms with Gasteiger partial charge >= 0.3 is 0 Å². The second-order valence-electron chi connectivity index (χ2n) is 8.06. The molecule has 2 heterocycles. The van der Waals surface area contributed by atoms with E-state index in [2.05, 4.69) is 15.8 Å². The van der Waals surface area contributed by atoms with Crippen LogP contribution in [0.4, 0.5) is 11.5 Å². The Morgan fingerprint density at radius 1 is 1.09 bits per heavy atom. The van der Waals surface area contributed by atoms with E-state index in [9.17, 15) is 14.4 Å². The van der Waals surface area contributed by atoms with Crippen LogP contribution < -0.4 is 15.5 Å². The molecule has 1 fully saturated rings. The number of nitrogens with one attached hydrogen (secondary N) is 2. The van der Waals surface area contributed by atoms with E-state index in [1.807, 2.05) is 32.0 Å². The predicted molar refractivity (Wildman–Crippen MR) is 119 cm³/mol. The van der Waals surface area contributed by atoms with Crippen molar-refractivity contribution >= 4 is 29.2 Å². The van der Waals surface area contributed by atoms with E-state index in [1.165, 1.54) is 4.90 Å². The van der Waals surface area contributed by atoms with Crippen LogP contribution in [0.15, 0.2) is 28.8 Å². The molecule has 0 radical (unpaired) electrons. The second-order valence-corrected chi connectivity index (χ2v) is 8.06. The average molecular weight is 443 g/mol. The lowest BCUT2D eigenvalue weighted by molar-refractivity contribution is -0.125. The summed E-state index contributed by atoms with van der Waals surface area (Å²) in [7, 11) is 0. The van der Waals surface area contributed by atoms with Gasteiger partial charge in [0.15, 0.2) is 5.82 Å². The van der Waals surface area contributed by atoms with Gasteiger partial charge in [0.1, 0.15) is 12.3 Å². The molecule has 3 rings (SSSR count). The average Bonchev–Trinajstić information content (AvgIpc) is 3.42. The molecule has 9 nitrogen and oxygen atoms in total. The van der Waals surface area contributed by atoms with E-state index in [0.717, 1.165) is 24.0 Å². The molecule has 0 aliphatic carbocycles. The normalized spacial score (nSPS) is 15.4. The summed E-state index contributed by atoms with van der Waals surface area (Å²) in [4.78, 5) is 39.2. The van der Waals surface area contributed by atoms with Crippen molar-refractivity contribution in [3.63, 3.8) is 0 Å². The molecule has 1 atom stereocenters. The van der Waals surface area contributed by atoms with Crippen molar-refractivity contribution in [2.45, 2.75) is 52.6 Å². The van der Waals surface area contributed by atoms with Gasteiger partial charge < -0.3 is 24.8 Å². The zero-order chi connectivity index (χ0) is 23.1. The molecule has 172 valence electrons. The Hall–Kier alpha value is -3.20. The molecule has 3 amide bonds. The number of aromatic nitrogens is 1. The van der Waals surface area contributed by atoms with Crippen molar-refractivity contribution in [2.75, 3.05) is 29.9 Å². The maximum absolute atomic E-state index is 13.0. The summed E-state index contributed by atoms with van der Waals surface area (Å²) in [5, 5.41) is 9.16. The highest BCUT2D eigenvalue weighted by atomic mass is 16.5. The molecule has 1 aliphatic heterocycles. The van der Waals surface area contributed by atoms with Crippen LogP contribution in [0.1, 0.15) is 42.6 Å². The lowest BCUT2D eigenvalue weighted by Gasteiger charge is -2.23. The standard InChI is InChI=1S/C23H30N4O5/c1-15-6-7-18(11-16(15)2)27(14-22(29)24-13-19-5-4-10-31-19)23(30)9-8-21(28)25-20-12-17(3)32-26-20/h6-7,11-12,19H,4-5,8-10,13-14H2,1-3H3,(H,24,29)(H,25,26,28)/t19-/m1/s1. The van der Waals surface area contributed by atoms with Crippen molar-refractivity contribution in [1.29, 1.82) is 0 Å². The van der Waals surface area contributed by atoms with Crippen LogP contribution in [-0.2, 0) is 19.1 Å². The van der Waals surface area contributed by atoms with E-state index >= 15 is 0 Å². The Labute approximate surface area is 187 Å². The van der Waals surface area contributed by atoms with Gasteiger partial charge in [0.2, 0.25) is 17.7 Å². The predicted octanol–water partition coefficient (Wildman–Crippen LogP) is 2.65. The Morgan fingerprint density at radius 3 is 2.56 bits per heavy atom. The van der Waals surface area contributed by atoms with Crippen LogP contribution in [0.2, 0.25) is 0 Å². The summed E-state index contributed by atoms with van der Waals surface area (Å²) < 4.78 is 10.5. The number of carbonyl (C=O) groups is 3. The maximum Gasteiger partial charge on any atom is 0.240 e. The van der Waals surface area contributed by atoms with Gasteiger partial charge in [0, 0.05) is 37.7 Å². The molecule has 0 saturated carbocycles. The zero-order valence-corrected chi connectivity index (χ0v) is 18.8. The fourth-order valence-corrected chi connectivity index (χ4v) is 3.44. The molecule has 1 saturated heterocycles. The number of ether oxygens (including phenoxy) is 1. The Bertz CT molecular complexity index is 965. The maximum atomic E-state index is 13.0. The van der Waals surface area contributed by atoms with Crippen LogP contribution >= 0.6 is 0 Å². The van der Waals surface area contributed by atoms with E-state index in [1.54, 1.807) is 13.0 Å². The van der Waals surface area contributed by atoms with Gasteiger partial charge in [0.25, 0.3) is 0 Å². The number of nitrogens with zero attached hydrogens (tertiary/aromatic N) is 2. The largest absolute Gasteiger partial charge is 0.376 e. The monoisotopic (exact) mass is 442 g/mol. The third-order valence-corrected chi connectivity index (χ3v) is 5.42. The van der Waals surface area contributed by atoms with Crippen LogP contribution in [-0.4, -0.2) is 48.7 Å². The molecule has 32 heavy (non-hydrogen) atoms. The Balaban J connectivity index is 1.62. The topological polar surface area (TPSA) is 114 Å². The van der Waals surface area contributed by atoms with E-state index in [0.29, 0.717) is 30.4 Å². The molecule has 2 aromatic rings. The molecule has 0 bridgehead atoms. The Morgan fingerprint density at radius 2 is 1.91 bits per heavy atom. The van der Waals surface area contributed by atoms with Gasteiger partial charge in [-0.15, -0.1) is 0 Å². The number of rotatable bonds is 9. The number of hydrogen-bond acceptors (Lipinski definition) is 6. The van der Waals surface area contributed by atoms with Gasteiger partial charge in [-0.2, -0.15) is 0 Å². The molecule has 1 aromatic carbocycles. The quantitative estimate of drug-likeness (QED) is 0.617. The molecule has 9 heteroatoms. The smallest absolute Gasteiger partial charge is 0.240 e. The number of hydrogen-bond donors (Lipinski definition) is 2. The highest BCUT2D eigenvalue weighted by molar-refractivity contribution is 6.01. The lowest BCUT2D eigenvalue weighted by Crippen LogP contribution is -2.43. The van der Waals surface area contributed by atoms with Gasteiger partial charge in [-0.3, -0.25) is 14.4 Å². The molecule has 0 unspecified atom stereocenters. The number of amides is 3. The van der Waals surface area contributed by atoms with Crippen LogP contribution in [0, 0.1) is 20.8 Å². The highest BCUT2D eigenvalue weighted by Crippen LogP contribution is 2.20. The molecule has 0 spiro atoms. The van der Waals surface area contributed by atoms with Gasteiger partial charge in [-0.1, -0.05) is 11.2 Å². The van der Waals surface area contributed by atoms with E-state index < -0.39 is 0 Å². The minimum absolute atomic E-state index is 0.0218. The van der Waals surface area contributed by atoms with Crippen molar-refractivity contribution in [3.05, 3.63) is 41.2 Å². The Kier molecular flexibility index (Phi) is 7.99. The van der Waals surface area contributed by atoms with Crippen molar-refractivity contribution < 1.29 is 23.6 Å². The molecular formula is C23H30N4O5. The summed E-state index contributed by atoms with van der Waals surface area (Å²) in [5.74, 6) is -0.0538. The highest BCUT2D eigenvalue weighted by Gasteiger charge is 2.22. The lowest BCUT2D eigenvalue weighted by atomic mass is 10.1. The molecule has 2 N–H and O–H groups in total. The van der Waals surface area contributed by atoms with Crippen LogP contribution in [0.3, 0.4) is 0 Å². The van der Waals surface area contributed by atoms with Crippen molar-refractivity contribution in [3.8, 4) is 0 Å². The van der Waals surface area contributed by atoms with Crippen molar-refractivity contribution in [1.82, 2.24) is 10.5 Å². The van der Waals surface area contributed by atoms with Gasteiger partial charge in [0.05, 0.1) is 6.10 Å². The summed E-state index contributed by atoms with van der Waals surface area (Å²) in [6, 6.07) is 7.19. The number of anilines is 2. The van der Waals surface area contributed by atoms with Crippen LogP contribution in [0.5, 0.6) is 0 Å². The van der Waals surface area contributed by atoms with Gasteiger partial charge in [-0.25, -0.2) is 0 Å². The zero-order valence-electron chi connectivity index (χ0n) is 18.8. The molecule has 1 aliphatic rings.